The molecule has 0 radical (unpaired) electrons. The lowest BCUT2D eigenvalue weighted by atomic mass is 9.91. The van der Waals surface area contributed by atoms with E-state index in [4.69, 9.17) is 4.98 Å². The Morgan fingerprint density at radius 2 is 1.90 bits per heavy atom. The molecule has 1 fully saturated rings. The van der Waals surface area contributed by atoms with E-state index in [1.54, 1.807) is 17.3 Å². The van der Waals surface area contributed by atoms with Crippen LogP contribution in [-0.4, -0.2) is 59.8 Å². The van der Waals surface area contributed by atoms with Crippen LogP contribution in [0.15, 0.2) is 30.9 Å². The van der Waals surface area contributed by atoms with Crippen LogP contribution in [0.3, 0.4) is 0 Å². The summed E-state index contributed by atoms with van der Waals surface area (Å²) < 4.78 is 0. The van der Waals surface area contributed by atoms with Gasteiger partial charge in [0.15, 0.2) is 17.5 Å². The zero-order valence-electron chi connectivity index (χ0n) is 15.6. The zero-order chi connectivity index (χ0) is 19.8. The van der Waals surface area contributed by atoms with Crippen LogP contribution in [0, 0.1) is 0 Å². The highest BCUT2D eigenvalue weighted by molar-refractivity contribution is 6.01. The van der Waals surface area contributed by atoms with Crippen LogP contribution in [0.1, 0.15) is 25.7 Å². The van der Waals surface area contributed by atoms with Gasteiger partial charge in [-0.2, -0.15) is 5.10 Å². The molecule has 148 valence electrons. The van der Waals surface area contributed by atoms with Crippen LogP contribution >= 0.6 is 0 Å². The van der Waals surface area contributed by atoms with Gasteiger partial charge < -0.3 is 10.4 Å². The van der Waals surface area contributed by atoms with Crippen LogP contribution < -0.4 is 10.2 Å². The lowest BCUT2D eigenvalue weighted by molar-refractivity contribution is -0.118. The van der Waals surface area contributed by atoms with Gasteiger partial charge in [0.05, 0.1) is 24.5 Å². The molecule has 0 unspecified atom stereocenters. The average molecular weight is 392 g/mol. The number of carbonyl (C=O) groups is 1. The van der Waals surface area contributed by atoms with E-state index in [-0.39, 0.29) is 24.6 Å². The maximum Gasteiger partial charge on any atom is 0.247 e. The van der Waals surface area contributed by atoms with E-state index in [9.17, 15) is 9.90 Å². The third-order valence-electron chi connectivity index (χ3n) is 5.39. The number of pyridine rings is 1. The van der Waals surface area contributed by atoms with Crippen molar-refractivity contribution in [2.24, 2.45) is 0 Å². The number of carbonyl (C=O) groups excluding carboxylic acids is 1. The number of hydrogen-bond donors (Lipinski definition) is 3. The van der Waals surface area contributed by atoms with Crippen molar-refractivity contribution < 1.29 is 9.90 Å². The summed E-state index contributed by atoms with van der Waals surface area (Å²) in [5, 5.41) is 19.5. The van der Waals surface area contributed by atoms with Crippen molar-refractivity contribution >= 4 is 17.5 Å². The van der Waals surface area contributed by atoms with Crippen LogP contribution in [-0.2, 0) is 4.79 Å². The van der Waals surface area contributed by atoms with Crippen LogP contribution in [0.5, 0.6) is 0 Å². The van der Waals surface area contributed by atoms with E-state index in [2.05, 4.69) is 30.5 Å². The standard InChI is InChI=1S/C19H20N8O2/c28-13-4-2-12(3-5-13)27-16(29)9-22-18-19(27)25-15(8-21-18)11-1-6-14(20-7-11)17-23-10-24-26-17/h1,6-8,10,12-13,28H,2-5,9H2,(H,21,22)(H,23,24,26)/t12-,13+. The molecule has 5 rings (SSSR count). The van der Waals surface area contributed by atoms with Gasteiger partial charge in [0.1, 0.15) is 12.0 Å². The third-order valence-corrected chi connectivity index (χ3v) is 5.39. The Morgan fingerprint density at radius 1 is 1.03 bits per heavy atom. The number of aliphatic hydroxyl groups is 1. The molecule has 2 aliphatic rings. The van der Waals surface area contributed by atoms with Crippen molar-refractivity contribution in [1.82, 2.24) is 30.1 Å². The molecule has 3 N–H and O–H groups in total. The van der Waals surface area contributed by atoms with E-state index >= 15 is 0 Å². The van der Waals surface area contributed by atoms with Gasteiger partial charge in [0, 0.05) is 17.8 Å². The monoisotopic (exact) mass is 392 g/mol. The summed E-state index contributed by atoms with van der Waals surface area (Å²) in [6.07, 6.45) is 7.48. The van der Waals surface area contributed by atoms with Crippen molar-refractivity contribution in [1.29, 1.82) is 0 Å². The Hall–Kier alpha value is -3.40. The van der Waals surface area contributed by atoms with Gasteiger partial charge in [-0.15, -0.1) is 0 Å². The second kappa shape index (κ2) is 7.21. The Morgan fingerprint density at radius 3 is 2.62 bits per heavy atom. The van der Waals surface area contributed by atoms with Gasteiger partial charge >= 0.3 is 0 Å². The maximum atomic E-state index is 12.7. The highest BCUT2D eigenvalue weighted by Gasteiger charge is 2.34. The number of nitrogens with one attached hydrogen (secondary N) is 2. The van der Waals surface area contributed by atoms with Gasteiger partial charge in [-0.05, 0) is 37.8 Å². The fourth-order valence-electron chi connectivity index (χ4n) is 3.88. The van der Waals surface area contributed by atoms with E-state index in [1.165, 1.54) is 6.33 Å². The smallest absolute Gasteiger partial charge is 0.247 e. The van der Waals surface area contributed by atoms with E-state index in [0.717, 1.165) is 18.4 Å². The average Bonchev–Trinajstić information content (AvgIpc) is 3.29. The minimum atomic E-state index is -0.283. The Bertz CT molecular complexity index is 1010. The maximum absolute atomic E-state index is 12.7. The van der Waals surface area contributed by atoms with Gasteiger partial charge in [0.2, 0.25) is 5.91 Å². The van der Waals surface area contributed by atoms with Gasteiger partial charge in [0.25, 0.3) is 0 Å². The molecule has 1 aliphatic heterocycles. The Labute approximate surface area is 166 Å². The molecule has 0 bridgehead atoms. The predicted molar refractivity (Wildman–Crippen MR) is 105 cm³/mol. The Balaban J connectivity index is 1.47. The minimum Gasteiger partial charge on any atom is -0.393 e. The molecule has 0 spiro atoms. The molecule has 0 aromatic carbocycles. The normalized spacial score (nSPS) is 21.6. The number of aromatic nitrogens is 6. The molecule has 29 heavy (non-hydrogen) atoms. The summed E-state index contributed by atoms with van der Waals surface area (Å²) in [6.45, 7) is 0.201. The molecular weight excluding hydrogens is 372 g/mol. The number of anilines is 2. The van der Waals surface area contributed by atoms with Crippen molar-refractivity contribution in [3.8, 4) is 22.8 Å². The lowest BCUT2D eigenvalue weighted by Crippen LogP contribution is -2.49. The zero-order valence-corrected chi connectivity index (χ0v) is 15.6. The second-order valence-electron chi connectivity index (χ2n) is 7.26. The first-order chi connectivity index (χ1) is 14.2. The van der Waals surface area contributed by atoms with Crippen molar-refractivity contribution in [3.05, 3.63) is 30.9 Å². The molecule has 10 heteroatoms. The topological polar surface area (TPSA) is 133 Å². The molecule has 1 saturated carbocycles. The number of H-pyrrole nitrogens is 1. The van der Waals surface area contributed by atoms with E-state index in [0.29, 0.717) is 41.7 Å². The molecule has 10 nitrogen and oxygen atoms in total. The number of aliphatic hydroxyl groups excluding tert-OH is 1. The molecule has 1 aliphatic carbocycles. The number of amides is 1. The molecule has 1 amide bonds. The number of hydrogen-bond acceptors (Lipinski definition) is 8. The van der Waals surface area contributed by atoms with Crippen LogP contribution in [0.2, 0.25) is 0 Å². The molecule has 0 atom stereocenters. The fourth-order valence-corrected chi connectivity index (χ4v) is 3.88. The summed E-state index contributed by atoms with van der Waals surface area (Å²) >= 11 is 0. The lowest BCUT2D eigenvalue weighted by Gasteiger charge is -2.38. The number of nitrogens with zero attached hydrogens (tertiary/aromatic N) is 6. The van der Waals surface area contributed by atoms with Gasteiger partial charge in [-0.3, -0.25) is 19.8 Å². The quantitative estimate of drug-likeness (QED) is 0.609. The fraction of sp³-hybridized carbons (Fsp3) is 0.368. The SMILES string of the molecule is O=C1CNc2ncc(-c3ccc(-c4nc[nH]n4)nc3)nc2N1[C@H]1CC[C@@H](O)CC1. The van der Waals surface area contributed by atoms with Crippen LogP contribution in [0.4, 0.5) is 11.6 Å². The summed E-state index contributed by atoms with van der Waals surface area (Å²) in [5.41, 5.74) is 2.08. The summed E-state index contributed by atoms with van der Waals surface area (Å²) in [6, 6.07) is 3.74. The molecular formula is C19H20N8O2. The first-order valence-electron chi connectivity index (χ1n) is 9.62. The highest BCUT2D eigenvalue weighted by atomic mass is 16.3. The summed E-state index contributed by atoms with van der Waals surface area (Å²) in [4.78, 5) is 32.1. The summed E-state index contributed by atoms with van der Waals surface area (Å²) in [5.74, 6) is 1.64. The first kappa shape index (κ1) is 17.7. The van der Waals surface area contributed by atoms with E-state index in [1.807, 2.05) is 12.1 Å². The second-order valence-corrected chi connectivity index (χ2v) is 7.26. The number of fused-ring (bicyclic) bond motifs is 1. The third kappa shape index (κ3) is 3.31. The van der Waals surface area contributed by atoms with E-state index < -0.39 is 0 Å². The first-order valence-corrected chi connectivity index (χ1v) is 9.62. The predicted octanol–water partition coefficient (Wildman–Crippen LogP) is 1.39. The van der Waals surface area contributed by atoms with Gasteiger partial charge in [-0.1, -0.05) is 0 Å². The number of aromatic amines is 1. The molecule has 4 heterocycles. The van der Waals surface area contributed by atoms with Crippen molar-refractivity contribution in [3.63, 3.8) is 0 Å². The van der Waals surface area contributed by atoms with Crippen LogP contribution in [0.25, 0.3) is 22.8 Å². The molecule has 0 saturated heterocycles. The van der Waals surface area contributed by atoms with Crippen molar-refractivity contribution in [2.75, 3.05) is 16.8 Å². The van der Waals surface area contributed by atoms with Gasteiger partial charge in [-0.25, -0.2) is 15.0 Å². The largest absolute Gasteiger partial charge is 0.393 e. The summed E-state index contributed by atoms with van der Waals surface area (Å²) in [7, 11) is 0. The van der Waals surface area contributed by atoms with Crippen molar-refractivity contribution in [2.45, 2.75) is 37.8 Å². The highest BCUT2D eigenvalue weighted by Crippen LogP contribution is 2.34. The number of rotatable bonds is 3. The Kier molecular flexibility index (Phi) is 4.39. The molecule has 3 aromatic rings. The molecule has 3 aromatic heterocycles. The minimum absolute atomic E-state index is 0.0246.